The molecule has 2 fully saturated rings. The van der Waals surface area contributed by atoms with Gasteiger partial charge in [0.2, 0.25) is 5.91 Å². The van der Waals surface area contributed by atoms with Gasteiger partial charge in [-0.25, -0.2) is 8.78 Å². The highest BCUT2D eigenvalue weighted by Gasteiger charge is 2.40. The number of nitrogens with zero attached hydrogens (tertiary/aromatic N) is 2. The summed E-state index contributed by atoms with van der Waals surface area (Å²) in [5.74, 6) is -0.547. The number of hydrogen-bond donors (Lipinski definition) is 1. The van der Waals surface area contributed by atoms with Gasteiger partial charge in [-0.15, -0.1) is 0 Å². The van der Waals surface area contributed by atoms with Crippen LogP contribution in [-0.2, 0) is 11.3 Å². The summed E-state index contributed by atoms with van der Waals surface area (Å²) in [4.78, 5) is 16.6. The molecule has 0 saturated carbocycles. The Bertz CT molecular complexity index is 893. The van der Waals surface area contributed by atoms with Crippen LogP contribution in [0.1, 0.15) is 29.9 Å². The van der Waals surface area contributed by atoms with Gasteiger partial charge in [-0.3, -0.25) is 9.69 Å². The maximum Gasteiger partial charge on any atom is 0.240 e. The van der Waals surface area contributed by atoms with E-state index in [1.165, 1.54) is 12.1 Å². The first-order valence-corrected chi connectivity index (χ1v) is 10.2. The number of rotatable bonds is 4. The largest absolute Gasteiger partial charge is 0.508 e. The van der Waals surface area contributed by atoms with Gasteiger partial charge < -0.3 is 10.0 Å². The molecule has 7 heteroatoms. The molecule has 2 aromatic rings. The Labute approximate surface area is 173 Å². The number of carbonyl (C=O) groups is 1. The second kappa shape index (κ2) is 8.28. The lowest BCUT2D eigenvalue weighted by molar-refractivity contribution is -0.133. The van der Waals surface area contributed by atoms with Crippen LogP contribution in [0, 0.1) is 5.82 Å². The third-order valence-corrected chi connectivity index (χ3v) is 6.25. The minimum absolute atomic E-state index is 0.0132. The number of amides is 1. The fourth-order valence-corrected chi connectivity index (χ4v) is 4.59. The molecule has 2 aliphatic heterocycles. The molecule has 1 N–H and O–H groups in total. The molecule has 2 heterocycles. The lowest BCUT2D eigenvalue weighted by Crippen LogP contribution is -2.49. The number of phenolic OH excluding ortho intramolecular Hbond substituents is 1. The molecule has 0 radical (unpaired) electrons. The van der Waals surface area contributed by atoms with Crippen molar-refractivity contribution in [2.45, 2.75) is 37.5 Å². The van der Waals surface area contributed by atoms with Crippen LogP contribution >= 0.6 is 11.6 Å². The highest BCUT2D eigenvalue weighted by atomic mass is 35.5. The van der Waals surface area contributed by atoms with Crippen molar-refractivity contribution in [1.82, 2.24) is 9.80 Å². The normalized spacial score (nSPS) is 25.6. The molecule has 0 bridgehead atoms. The van der Waals surface area contributed by atoms with Gasteiger partial charge in [-0.1, -0.05) is 29.8 Å². The van der Waals surface area contributed by atoms with Crippen molar-refractivity contribution < 1.29 is 18.7 Å². The zero-order valence-corrected chi connectivity index (χ0v) is 16.7. The topological polar surface area (TPSA) is 43.8 Å². The van der Waals surface area contributed by atoms with E-state index >= 15 is 0 Å². The number of halogens is 3. The van der Waals surface area contributed by atoms with E-state index in [0.29, 0.717) is 32.5 Å². The number of piperidine rings is 1. The average molecular weight is 421 g/mol. The molecule has 2 aromatic carbocycles. The first-order chi connectivity index (χ1) is 13.9. The van der Waals surface area contributed by atoms with E-state index in [9.17, 15) is 18.7 Å². The van der Waals surface area contributed by atoms with Gasteiger partial charge in [0.1, 0.15) is 17.7 Å². The van der Waals surface area contributed by atoms with Crippen LogP contribution in [-0.4, -0.2) is 52.7 Å². The first-order valence-electron chi connectivity index (χ1n) is 9.82. The number of aromatic hydroxyl groups is 1. The smallest absolute Gasteiger partial charge is 0.240 e. The summed E-state index contributed by atoms with van der Waals surface area (Å²) >= 11 is 5.83. The first kappa shape index (κ1) is 20.1. The van der Waals surface area contributed by atoms with E-state index in [1.54, 1.807) is 35.2 Å². The van der Waals surface area contributed by atoms with Crippen LogP contribution in [0.5, 0.6) is 5.75 Å². The van der Waals surface area contributed by atoms with Gasteiger partial charge in [-0.05, 0) is 54.8 Å². The zero-order valence-electron chi connectivity index (χ0n) is 15.9. The minimum atomic E-state index is -1.06. The number of likely N-dealkylation sites (tertiary alicyclic amines) is 2. The second-order valence-corrected chi connectivity index (χ2v) is 8.22. The summed E-state index contributed by atoms with van der Waals surface area (Å²) in [6.45, 7) is 1.84. The highest BCUT2D eigenvalue weighted by Crippen LogP contribution is 2.33. The summed E-state index contributed by atoms with van der Waals surface area (Å²) < 4.78 is 28.2. The molecule has 4 rings (SSSR count). The predicted molar refractivity (Wildman–Crippen MR) is 107 cm³/mol. The highest BCUT2D eigenvalue weighted by molar-refractivity contribution is 6.30. The number of hydrogen-bond acceptors (Lipinski definition) is 3. The predicted octanol–water partition coefficient (Wildman–Crippen LogP) is 4.11. The summed E-state index contributed by atoms with van der Waals surface area (Å²) in [5, 5.41) is 9.47. The van der Waals surface area contributed by atoms with Crippen molar-refractivity contribution in [2.75, 3.05) is 19.6 Å². The molecule has 0 aromatic heterocycles. The average Bonchev–Trinajstić information content (AvgIpc) is 3.06. The van der Waals surface area contributed by atoms with E-state index in [4.69, 9.17) is 11.6 Å². The van der Waals surface area contributed by atoms with Gasteiger partial charge in [0, 0.05) is 25.6 Å². The number of carbonyl (C=O) groups excluding carboxylic acids is 1. The maximum absolute atomic E-state index is 14.9. The molecule has 154 valence electrons. The lowest BCUT2D eigenvalue weighted by Gasteiger charge is -2.37. The van der Waals surface area contributed by atoms with Crippen LogP contribution in [0.3, 0.4) is 0 Å². The summed E-state index contributed by atoms with van der Waals surface area (Å²) in [6, 6.07) is 10.8. The van der Waals surface area contributed by atoms with Gasteiger partial charge >= 0.3 is 0 Å². The Kier molecular flexibility index (Phi) is 5.74. The van der Waals surface area contributed by atoms with Gasteiger partial charge in [0.05, 0.1) is 11.1 Å². The summed E-state index contributed by atoms with van der Waals surface area (Å²) in [5.41, 5.74) is 1.65. The van der Waals surface area contributed by atoms with E-state index in [2.05, 4.69) is 0 Å². The van der Waals surface area contributed by atoms with E-state index in [1.807, 2.05) is 4.90 Å². The van der Waals surface area contributed by atoms with Crippen LogP contribution in [0.15, 0.2) is 42.5 Å². The summed E-state index contributed by atoms with van der Waals surface area (Å²) in [7, 11) is 0. The second-order valence-electron chi connectivity index (χ2n) is 7.81. The van der Waals surface area contributed by atoms with Crippen molar-refractivity contribution >= 4 is 17.5 Å². The van der Waals surface area contributed by atoms with Crippen LogP contribution in [0.2, 0.25) is 5.02 Å². The van der Waals surface area contributed by atoms with E-state index in [-0.39, 0.29) is 35.2 Å². The molecule has 4 nitrogen and oxygen atoms in total. The Morgan fingerprint density at radius 3 is 2.55 bits per heavy atom. The van der Waals surface area contributed by atoms with E-state index < -0.39 is 12.0 Å². The molecular formula is C22H23ClF2N2O2. The molecule has 1 amide bonds. The molecule has 0 aliphatic carbocycles. The quantitative estimate of drug-likeness (QED) is 0.809. The van der Waals surface area contributed by atoms with Crippen LogP contribution < -0.4 is 0 Å². The van der Waals surface area contributed by atoms with Gasteiger partial charge in [0.25, 0.3) is 0 Å². The van der Waals surface area contributed by atoms with Crippen LogP contribution in [0.25, 0.3) is 0 Å². The van der Waals surface area contributed by atoms with Gasteiger partial charge in [-0.2, -0.15) is 0 Å². The third kappa shape index (κ3) is 4.23. The number of alkyl halides is 1. The Hall–Kier alpha value is -2.18. The van der Waals surface area contributed by atoms with Crippen molar-refractivity contribution in [1.29, 1.82) is 0 Å². The monoisotopic (exact) mass is 420 g/mol. The molecule has 2 saturated heterocycles. The standard InChI is InChI=1S/C22H23ClF2N2O2/c23-18-11-14(1-6-19(18)24)12-27-10-8-21(22(27)29)26-9-7-17(20(25)13-26)15-2-4-16(28)5-3-15/h1-6,11,17,20-21,28H,7-10,12-13H2/t17-,20+,21?/m0/s1. The molecule has 3 atom stereocenters. The molecule has 0 spiro atoms. The lowest BCUT2D eigenvalue weighted by atomic mass is 9.87. The van der Waals surface area contributed by atoms with Crippen molar-refractivity contribution in [3.63, 3.8) is 0 Å². The minimum Gasteiger partial charge on any atom is -0.508 e. The number of phenols is 1. The fraction of sp³-hybridized carbons (Fsp3) is 0.409. The van der Waals surface area contributed by atoms with Crippen molar-refractivity contribution in [3.05, 3.63) is 64.4 Å². The van der Waals surface area contributed by atoms with Crippen molar-refractivity contribution in [3.8, 4) is 5.75 Å². The fourth-order valence-electron chi connectivity index (χ4n) is 4.39. The molecule has 2 aliphatic rings. The molecule has 1 unspecified atom stereocenters. The SMILES string of the molecule is O=C1C(N2CC[C@@H](c3ccc(O)cc3)[C@H](F)C2)CCN1Cc1ccc(F)c(Cl)c1. The molecule has 29 heavy (non-hydrogen) atoms. The van der Waals surface area contributed by atoms with E-state index in [0.717, 1.165) is 11.1 Å². The third-order valence-electron chi connectivity index (χ3n) is 5.96. The van der Waals surface area contributed by atoms with Crippen molar-refractivity contribution in [2.24, 2.45) is 0 Å². The van der Waals surface area contributed by atoms with Crippen LogP contribution in [0.4, 0.5) is 8.78 Å². The molecular weight excluding hydrogens is 398 g/mol. The Morgan fingerprint density at radius 1 is 1.10 bits per heavy atom. The Morgan fingerprint density at radius 2 is 1.86 bits per heavy atom. The maximum atomic E-state index is 14.9. The number of benzene rings is 2. The Balaban J connectivity index is 1.38. The zero-order chi connectivity index (χ0) is 20.5. The van der Waals surface area contributed by atoms with Gasteiger partial charge in [0.15, 0.2) is 0 Å². The summed E-state index contributed by atoms with van der Waals surface area (Å²) in [6.07, 6.45) is 0.222.